The Morgan fingerprint density at radius 1 is 0.968 bits per heavy atom. The first-order valence-corrected chi connectivity index (χ1v) is 12.3. The second-order valence-electron chi connectivity index (χ2n) is 6.96. The molecule has 1 aliphatic rings. The number of halogens is 1. The van der Waals surface area contributed by atoms with E-state index >= 15 is 0 Å². The third kappa shape index (κ3) is 4.64. The quantitative estimate of drug-likeness (QED) is 0.532. The highest BCUT2D eigenvalue weighted by Crippen LogP contribution is 2.33. The normalized spacial score (nSPS) is 15.1. The van der Waals surface area contributed by atoms with Crippen molar-refractivity contribution in [2.24, 2.45) is 0 Å². The third-order valence-electron chi connectivity index (χ3n) is 5.10. The van der Waals surface area contributed by atoms with Gasteiger partial charge >= 0.3 is 0 Å². The minimum atomic E-state index is -3.53. The zero-order chi connectivity index (χ0) is 22.0. The predicted octanol–water partition coefficient (Wildman–Crippen LogP) is 3.99. The third-order valence-corrected chi connectivity index (χ3v) is 8.17. The number of sulfonamides is 1. The largest absolute Gasteiger partial charge is 0.497 e. The van der Waals surface area contributed by atoms with Gasteiger partial charge in [0, 0.05) is 48.2 Å². The maximum Gasteiger partial charge on any atom is 0.243 e. The minimum absolute atomic E-state index is 0.258. The zero-order valence-electron chi connectivity index (χ0n) is 17.1. The van der Waals surface area contributed by atoms with Gasteiger partial charge in [-0.05, 0) is 36.4 Å². The van der Waals surface area contributed by atoms with Gasteiger partial charge in [-0.25, -0.2) is 13.4 Å². The van der Waals surface area contributed by atoms with E-state index in [0.29, 0.717) is 42.7 Å². The number of rotatable bonds is 6. The number of hydrogen-bond acceptors (Lipinski definition) is 7. The average molecular weight is 480 g/mol. The molecular weight excluding hydrogens is 458 g/mol. The highest BCUT2D eigenvalue weighted by atomic mass is 35.5. The molecule has 1 aromatic heterocycles. The molecule has 2 aromatic carbocycles. The number of nitrogens with zero attached hydrogens (tertiary/aromatic N) is 3. The molecule has 4 rings (SSSR count). The highest BCUT2D eigenvalue weighted by molar-refractivity contribution is 7.89. The summed E-state index contributed by atoms with van der Waals surface area (Å²) in [6, 6.07) is 11.9. The Kier molecular flexibility index (Phi) is 6.38. The Hall–Kier alpha value is -2.33. The molecule has 0 unspecified atom stereocenters. The lowest BCUT2D eigenvalue weighted by atomic mass is 10.1. The zero-order valence-corrected chi connectivity index (χ0v) is 19.5. The number of ether oxygens (including phenoxy) is 2. The van der Waals surface area contributed by atoms with Crippen LogP contribution in [0.25, 0.3) is 11.3 Å². The number of benzene rings is 2. The monoisotopic (exact) mass is 479 g/mol. The van der Waals surface area contributed by atoms with Crippen molar-refractivity contribution in [3.63, 3.8) is 0 Å². The lowest BCUT2D eigenvalue weighted by Crippen LogP contribution is -2.48. The molecule has 0 N–H and O–H groups in total. The Bertz CT molecular complexity index is 1140. The van der Waals surface area contributed by atoms with Crippen molar-refractivity contribution >= 4 is 38.1 Å². The van der Waals surface area contributed by atoms with Gasteiger partial charge in [-0.15, -0.1) is 11.3 Å². The van der Waals surface area contributed by atoms with Crippen LogP contribution in [-0.4, -0.2) is 58.1 Å². The van der Waals surface area contributed by atoms with Crippen molar-refractivity contribution in [1.29, 1.82) is 0 Å². The molecule has 2 heterocycles. The highest BCUT2D eigenvalue weighted by Gasteiger charge is 2.29. The van der Waals surface area contributed by atoms with Crippen LogP contribution in [0.5, 0.6) is 11.5 Å². The Labute approximate surface area is 190 Å². The SMILES string of the molecule is COc1cc(OC)cc(-c2csc(N3CCN(S(=O)(=O)c4ccc(Cl)cc4)CC3)n2)c1. The summed E-state index contributed by atoms with van der Waals surface area (Å²) in [6.07, 6.45) is 0. The fourth-order valence-corrected chi connectivity index (χ4v) is 5.81. The number of thiazole rings is 1. The van der Waals surface area contributed by atoms with Gasteiger partial charge in [0.1, 0.15) is 11.5 Å². The van der Waals surface area contributed by atoms with Crippen LogP contribution in [0.3, 0.4) is 0 Å². The molecule has 0 atom stereocenters. The summed E-state index contributed by atoms with van der Waals surface area (Å²) < 4.78 is 38.0. The Morgan fingerprint density at radius 2 is 1.58 bits per heavy atom. The molecule has 0 spiro atoms. The smallest absolute Gasteiger partial charge is 0.243 e. The fourth-order valence-electron chi connectivity index (χ4n) is 3.37. The maximum absolute atomic E-state index is 12.9. The molecule has 7 nitrogen and oxygen atoms in total. The van der Waals surface area contributed by atoms with E-state index in [1.165, 1.54) is 15.6 Å². The van der Waals surface area contributed by atoms with Crippen LogP contribution in [0.15, 0.2) is 52.7 Å². The molecular formula is C21H22ClN3O4S2. The van der Waals surface area contributed by atoms with Crippen LogP contribution in [0.2, 0.25) is 5.02 Å². The van der Waals surface area contributed by atoms with E-state index in [4.69, 9.17) is 26.1 Å². The van der Waals surface area contributed by atoms with Gasteiger partial charge < -0.3 is 14.4 Å². The Balaban J connectivity index is 1.47. The summed E-state index contributed by atoms with van der Waals surface area (Å²) in [4.78, 5) is 7.13. The molecule has 0 aliphatic carbocycles. The first kappa shape index (κ1) is 21.9. The van der Waals surface area contributed by atoms with Crippen molar-refractivity contribution in [3.8, 4) is 22.8 Å². The summed E-state index contributed by atoms with van der Waals surface area (Å²) >= 11 is 7.41. The van der Waals surface area contributed by atoms with Crippen LogP contribution in [0, 0.1) is 0 Å². The van der Waals surface area contributed by atoms with Gasteiger partial charge in [-0.3, -0.25) is 0 Å². The summed E-state index contributed by atoms with van der Waals surface area (Å²) in [7, 11) is -0.307. The first-order valence-electron chi connectivity index (χ1n) is 9.60. The Morgan fingerprint density at radius 3 is 2.16 bits per heavy atom. The number of anilines is 1. The van der Waals surface area contributed by atoms with Crippen molar-refractivity contribution in [1.82, 2.24) is 9.29 Å². The molecule has 0 saturated carbocycles. The topological polar surface area (TPSA) is 72.0 Å². The van der Waals surface area contributed by atoms with Crippen LogP contribution in [0.4, 0.5) is 5.13 Å². The molecule has 164 valence electrons. The molecule has 1 fully saturated rings. The van der Waals surface area contributed by atoms with Crippen LogP contribution in [-0.2, 0) is 10.0 Å². The fraction of sp³-hybridized carbons (Fsp3) is 0.286. The predicted molar refractivity (Wildman–Crippen MR) is 123 cm³/mol. The van der Waals surface area contributed by atoms with Crippen LogP contribution < -0.4 is 14.4 Å². The van der Waals surface area contributed by atoms with E-state index in [9.17, 15) is 8.42 Å². The lowest BCUT2D eigenvalue weighted by molar-refractivity contribution is 0.385. The van der Waals surface area contributed by atoms with Gasteiger partial charge in [0.05, 0.1) is 24.8 Å². The lowest BCUT2D eigenvalue weighted by Gasteiger charge is -2.33. The van der Waals surface area contributed by atoms with E-state index < -0.39 is 10.0 Å². The van der Waals surface area contributed by atoms with Crippen molar-refractivity contribution in [3.05, 3.63) is 52.9 Å². The maximum atomic E-state index is 12.9. The van der Waals surface area contributed by atoms with Gasteiger partial charge in [0.15, 0.2) is 5.13 Å². The van der Waals surface area contributed by atoms with E-state index in [1.54, 1.807) is 38.5 Å². The first-order chi connectivity index (χ1) is 14.9. The number of aromatic nitrogens is 1. The van der Waals surface area contributed by atoms with E-state index in [1.807, 2.05) is 23.6 Å². The van der Waals surface area contributed by atoms with E-state index in [2.05, 4.69) is 4.90 Å². The molecule has 10 heteroatoms. The van der Waals surface area contributed by atoms with Crippen LogP contribution >= 0.6 is 22.9 Å². The second-order valence-corrected chi connectivity index (χ2v) is 10.2. The number of methoxy groups -OCH3 is 2. The van der Waals surface area contributed by atoms with E-state index in [-0.39, 0.29) is 4.90 Å². The average Bonchev–Trinajstić information content (AvgIpc) is 3.29. The second kappa shape index (κ2) is 9.04. The number of piperazine rings is 1. The standard InChI is InChI=1S/C21H22ClN3O4S2/c1-28-17-11-15(12-18(13-17)29-2)20-14-30-21(23-20)24-7-9-25(10-8-24)31(26,27)19-5-3-16(22)4-6-19/h3-6,11-14H,7-10H2,1-2H3. The molecule has 31 heavy (non-hydrogen) atoms. The van der Waals surface area contributed by atoms with Gasteiger partial charge in [0.2, 0.25) is 10.0 Å². The molecule has 0 amide bonds. The van der Waals surface area contributed by atoms with Gasteiger partial charge in [-0.2, -0.15) is 4.31 Å². The molecule has 1 aliphatic heterocycles. The molecule has 1 saturated heterocycles. The van der Waals surface area contributed by atoms with Crippen LogP contribution in [0.1, 0.15) is 0 Å². The summed E-state index contributed by atoms with van der Waals surface area (Å²) in [6.45, 7) is 1.93. The van der Waals surface area contributed by atoms with Gasteiger partial charge in [-0.1, -0.05) is 11.6 Å². The van der Waals surface area contributed by atoms with E-state index in [0.717, 1.165) is 16.4 Å². The van der Waals surface area contributed by atoms with Crippen molar-refractivity contribution in [2.45, 2.75) is 4.90 Å². The molecule has 0 radical (unpaired) electrons. The van der Waals surface area contributed by atoms with Gasteiger partial charge in [0.25, 0.3) is 0 Å². The molecule has 3 aromatic rings. The van der Waals surface area contributed by atoms with Crippen molar-refractivity contribution < 1.29 is 17.9 Å². The van der Waals surface area contributed by atoms with Crippen molar-refractivity contribution in [2.75, 3.05) is 45.3 Å². The number of hydrogen-bond donors (Lipinski definition) is 0. The summed E-state index contributed by atoms with van der Waals surface area (Å²) in [5.41, 5.74) is 1.73. The molecule has 0 bridgehead atoms. The minimum Gasteiger partial charge on any atom is -0.497 e. The summed E-state index contributed by atoms with van der Waals surface area (Å²) in [5, 5.41) is 3.36. The summed E-state index contributed by atoms with van der Waals surface area (Å²) in [5.74, 6) is 1.40.